The highest BCUT2D eigenvalue weighted by atomic mass is 19.2. The number of hydrogen-bond acceptors (Lipinski definition) is 1. The van der Waals surface area contributed by atoms with Gasteiger partial charge in [-0.1, -0.05) is 31.2 Å². The molecule has 2 aromatic rings. The van der Waals surface area contributed by atoms with Gasteiger partial charge in [0.25, 0.3) is 0 Å². The molecule has 2 aromatic carbocycles. The second kappa shape index (κ2) is 6.57. The van der Waals surface area contributed by atoms with Crippen LogP contribution in [0.3, 0.4) is 0 Å². The summed E-state index contributed by atoms with van der Waals surface area (Å²) in [6.07, 6.45) is 0.856. The molecule has 0 bridgehead atoms. The van der Waals surface area contributed by atoms with Gasteiger partial charge in [0.2, 0.25) is 0 Å². The lowest BCUT2D eigenvalue weighted by Gasteiger charge is -2.20. The average molecular weight is 279 g/mol. The Morgan fingerprint density at radius 3 is 2.35 bits per heavy atom. The molecule has 0 amide bonds. The normalized spacial score (nSPS) is 12.4. The van der Waals surface area contributed by atoms with Gasteiger partial charge in [-0.05, 0) is 36.7 Å². The quantitative estimate of drug-likeness (QED) is 0.865. The smallest absolute Gasteiger partial charge is 0.159 e. The molecule has 1 N–H and O–H groups in total. The number of nitrogens with one attached hydrogen (secondary N) is 1. The highest BCUT2D eigenvalue weighted by Gasteiger charge is 2.18. The van der Waals surface area contributed by atoms with E-state index in [1.54, 1.807) is 18.2 Å². The SMILES string of the molecule is CCCNC(c1ccc(F)c(F)c1)c1ccccc1F. The van der Waals surface area contributed by atoms with E-state index in [-0.39, 0.29) is 5.82 Å². The Morgan fingerprint density at radius 2 is 1.70 bits per heavy atom. The van der Waals surface area contributed by atoms with Gasteiger partial charge >= 0.3 is 0 Å². The highest BCUT2D eigenvalue weighted by Crippen LogP contribution is 2.25. The molecule has 0 aliphatic heterocycles. The van der Waals surface area contributed by atoms with E-state index in [0.29, 0.717) is 17.7 Å². The number of hydrogen-bond donors (Lipinski definition) is 1. The minimum Gasteiger partial charge on any atom is -0.306 e. The Balaban J connectivity index is 2.41. The van der Waals surface area contributed by atoms with Crippen molar-refractivity contribution in [2.45, 2.75) is 19.4 Å². The maximum absolute atomic E-state index is 13.9. The van der Waals surface area contributed by atoms with Crippen LogP contribution in [0.25, 0.3) is 0 Å². The van der Waals surface area contributed by atoms with Gasteiger partial charge < -0.3 is 5.32 Å². The van der Waals surface area contributed by atoms with Crippen molar-refractivity contribution in [2.24, 2.45) is 0 Å². The average Bonchev–Trinajstić information content (AvgIpc) is 2.44. The maximum Gasteiger partial charge on any atom is 0.159 e. The molecule has 106 valence electrons. The molecule has 0 saturated heterocycles. The van der Waals surface area contributed by atoms with Crippen LogP contribution in [0, 0.1) is 17.5 Å². The van der Waals surface area contributed by atoms with Crippen molar-refractivity contribution in [1.82, 2.24) is 5.32 Å². The van der Waals surface area contributed by atoms with Gasteiger partial charge in [-0.3, -0.25) is 0 Å². The van der Waals surface area contributed by atoms with Gasteiger partial charge in [-0.25, -0.2) is 13.2 Å². The Hall–Kier alpha value is -1.81. The highest BCUT2D eigenvalue weighted by molar-refractivity contribution is 5.33. The third kappa shape index (κ3) is 3.20. The summed E-state index contributed by atoms with van der Waals surface area (Å²) in [6, 6.07) is 9.46. The van der Waals surface area contributed by atoms with Gasteiger partial charge in [0.05, 0.1) is 6.04 Å². The molecule has 0 aliphatic carbocycles. The van der Waals surface area contributed by atoms with Crippen LogP contribution < -0.4 is 5.32 Å². The van der Waals surface area contributed by atoms with Gasteiger partial charge in [-0.15, -0.1) is 0 Å². The summed E-state index contributed by atoms with van der Waals surface area (Å²) in [5, 5.41) is 3.16. The van der Waals surface area contributed by atoms with Crippen molar-refractivity contribution < 1.29 is 13.2 Å². The van der Waals surface area contributed by atoms with Crippen LogP contribution in [-0.4, -0.2) is 6.54 Å². The number of halogens is 3. The third-order valence-corrected chi connectivity index (χ3v) is 3.09. The molecule has 0 heterocycles. The van der Waals surface area contributed by atoms with E-state index in [0.717, 1.165) is 18.6 Å². The van der Waals surface area contributed by atoms with Crippen molar-refractivity contribution in [3.8, 4) is 0 Å². The zero-order valence-electron chi connectivity index (χ0n) is 11.2. The van der Waals surface area contributed by atoms with E-state index < -0.39 is 17.7 Å². The van der Waals surface area contributed by atoms with Gasteiger partial charge in [0, 0.05) is 5.56 Å². The predicted molar refractivity (Wildman–Crippen MR) is 72.9 cm³/mol. The van der Waals surface area contributed by atoms with E-state index in [9.17, 15) is 13.2 Å². The zero-order chi connectivity index (χ0) is 14.5. The minimum atomic E-state index is -0.929. The van der Waals surface area contributed by atoms with Gasteiger partial charge in [0.15, 0.2) is 11.6 Å². The lowest BCUT2D eigenvalue weighted by atomic mass is 9.98. The van der Waals surface area contributed by atoms with Gasteiger partial charge in [-0.2, -0.15) is 0 Å². The summed E-state index contributed by atoms with van der Waals surface area (Å²) in [4.78, 5) is 0. The lowest BCUT2D eigenvalue weighted by molar-refractivity contribution is 0.500. The molecule has 0 aliphatic rings. The Morgan fingerprint density at radius 1 is 0.950 bits per heavy atom. The van der Waals surface area contributed by atoms with E-state index in [1.807, 2.05) is 6.92 Å². The molecular weight excluding hydrogens is 263 g/mol. The standard InChI is InChI=1S/C16H16F3N/c1-2-9-20-16(12-5-3-4-6-13(12)17)11-7-8-14(18)15(19)10-11/h3-8,10,16,20H,2,9H2,1H3. The van der Waals surface area contributed by atoms with Crippen LogP contribution >= 0.6 is 0 Å². The molecule has 0 spiro atoms. The van der Waals surface area contributed by atoms with Crippen molar-refractivity contribution in [1.29, 1.82) is 0 Å². The molecule has 0 radical (unpaired) electrons. The Labute approximate surface area is 116 Å². The first-order chi connectivity index (χ1) is 9.63. The van der Waals surface area contributed by atoms with Crippen LogP contribution in [0.4, 0.5) is 13.2 Å². The maximum atomic E-state index is 13.9. The van der Waals surface area contributed by atoms with Gasteiger partial charge in [0.1, 0.15) is 5.82 Å². The van der Waals surface area contributed by atoms with Crippen molar-refractivity contribution >= 4 is 0 Å². The second-order valence-electron chi connectivity index (χ2n) is 4.58. The first-order valence-corrected chi connectivity index (χ1v) is 6.56. The summed E-state index contributed by atoms with van der Waals surface area (Å²) in [5.74, 6) is -2.20. The van der Waals surface area contributed by atoms with E-state index in [2.05, 4.69) is 5.32 Å². The fourth-order valence-corrected chi connectivity index (χ4v) is 2.10. The van der Waals surface area contributed by atoms with Crippen LogP contribution in [-0.2, 0) is 0 Å². The lowest BCUT2D eigenvalue weighted by Crippen LogP contribution is -2.24. The first kappa shape index (κ1) is 14.6. The minimum absolute atomic E-state index is 0.370. The molecule has 0 saturated carbocycles. The van der Waals surface area contributed by atoms with Crippen LogP contribution in [0.1, 0.15) is 30.5 Å². The fourth-order valence-electron chi connectivity index (χ4n) is 2.10. The summed E-state index contributed by atoms with van der Waals surface area (Å²) >= 11 is 0. The molecule has 0 fully saturated rings. The molecule has 1 unspecified atom stereocenters. The zero-order valence-corrected chi connectivity index (χ0v) is 11.2. The summed E-state index contributed by atoms with van der Waals surface area (Å²) in [6.45, 7) is 2.63. The Bertz CT molecular complexity index is 584. The van der Waals surface area contributed by atoms with E-state index in [1.165, 1.54) is 12.1 Å². The van der Waals surface area contributed by atoms with Crippen LogP contribution in [0.2, 0.25) is 0 Å². The molecule has 1 atom stereocenters. The Kier molecular flexibility index (Phi) is 4.79. The summed E-state index contributed by atoms with van der Waals surface area (Å²) in [7, 11) is 0. The topological polar surface area (TPSA) is 12.0 Å². The first-order valence-electron chi connectivity index (χ1n) is 6.56. The monoisotopic (exact) mass is 279 g/mol. The second-order valence-corrected chi connectivity index (χ2v) is 4.58. The molecular formula is C16H16F3N. The van der Waals surface area contributed by atoms with Crippen LogP contribution in [0.5, 0.6) is 0 Å². The fraction of sp³-hybridized carbons (Fsp3) is 0.250. The van der Waals surface area contributed by atoms with E-state index >= 15 is 0 Å². The largest absolute Gasteiger partial charge is 0.306 e. The molecule has 1 nitrogen and oxygen atoms in total. The predicted octanol–water partition coefficient (Wildman–Crippen LogP) is 4.19. The van der Waals surface area contributed by atoms with E-state index in [4.69, 9.17) is 0 Å². The van der Waals surface area contributed by atoms with Crippen LogP contribution in [0.15, 0.2) is 42.5 Å². The number of benzene rings is 2. The molecule has 0 aromatic heterocycles. The summed E-state index contributed by atoms with van der Waals surface area (Å²) < 4.78 is 40.3. The van der Waals surface area contributed by atoms with Crippen molar-refractivity contribution in [2.75, 3.05) is 6.54 Å². The molecule has 4 heteroatoms. The van der Waals surface area contributed by atoms with Crippen molar-refractivity contribution in [3.05, 3.63) is 71.0 Å². The third-order valence-electron chi connectivity index (χ3n) is 3.09. The van der Waals surface area contributed by atoms with Crippen molar-refractivity contribution in [3.63, 3.8) is 0 Å². The number of rotatable bonds is 5. The summed E-state index contributed by atoms with van der Waals surface area (Å²) in [5.41, 5.74) is 0.925. The molecule has 2 rings (SSSR count). The molecule has 20 heavy (non-hydrogen) atoms.